The third-order valence-electron chi connectivity index (χ3n) is 4.07. The van der Waals surface area contributed by atoms with E-state index in [0.29, 0.717) is 5.41 Å². The summed E-state index contributed by atoms with van der Waals surface area (Å²) < 4.78 is 1.27. The maximum atomic E-state index is 4.62. The van der Waals surface area contributed by atoms with Gasteiger partial charge in [-0.1, -0.05) is 36.8 Å². The molecule has 1 N–H and O–H groups in total. The van der Waals surface area contributed by atoms with Gasteiger partial charge in [0.1, 0.15) is 0 Å². The first-order valence-electron chi connectivity index (χ1n) is 6.41. The van der Waals surface area contributed by atoms with Gasteiger partial charge in [-0.25, -0.2) is 4.98 Å². The summed E-state index contributed by atoms with van der Waals surface area (Å²) in [5.41, 5.74) is 1.66. The Bertz CT molecular complexity index is 475. The molecule has 3 rings (SSSR count). The maximum absolute atomic E-state index is 4.62. The van der Waals surface area contributed by atoms with E-state index in [4.69, 9.17) is 0 Å². The molecule has 17 heavy (non-hydrogen) atoms. The molecule has 1 fully saturated rings. The van der Waals surface area contributed by atoms with Crippen LogP contribution in [0.4, 0.5) is 5.13 Å². The molecule has 0 amide bonds. The van der Waals surface area contributed by atoms with Gasteiger partial charge in [-0.2, -0.15) is 0 Å². The van der Waals surface area contributed by atoms with Crippen LogP contribution in [0.25, 0.3) is 10.2 Å². The highest BCUT2D eigenvalue weighted by Gasteiger charge is 2.34. The summed E-state index contributed by atoms with van der Waals surface area (Å²) in [6.07, 6.45) is 5.43. The van der Waals surface area contributed by atoms with Gasteiger partial charge in [0, 0.05) is 6.54 Å². The fourth-order valence-electron chi connectivity index (χ4n) is 2.54. The molecule has 0 spiro atoms. The molecular formula is C14H18N2S. The molecule has 1 saturated carbocycles. The number of nitrogens with one attached hydrogen (secondary N) is 1. The van der Waals surface area contributed by atoms with Crippen LogP contribution in [0.5, 0.6) is 0 Å². The minimum atomic E-state index is 0.553. The maximum Gasteiger partial charge on any atom is 0.183 e. The number of thiazole rings is 1. The summed E-state index contributed by atoms with van der Waals surface area (Å²) in [4.78, 5) is 4.62. The van der Waals surface area contributed by atoms with E-state index in [2.05, 4.69) is 35.4 Å². The van der Waals surface area contributed by atoms with E-state index in [1.54, 1.807) is 11.3 Å². The molecule has 3 heteroatoms. The van der Waals surface area contributed by atoms with Gasteiger partial charge in [0.25, 0.3) is 0 Å². The van der Waals surface area contributed by atoms with Crippen molar-refractivity contribution < 1.29 is 0 Å². The zero-order valence-electron chi connectivity index (χ0n) is 10.2. The van der Waals surface area contributed by atoms with Crippen LogP contribution < -0.4 is 5.32 Å². The van der Waals surface area contributed by atoms with Crippen molar-refractivity contribution >= 4 is 26.7 Å². The van der Waals surface area contributed by atoms with Crippen LogP contribution in [-0.2, 0) is 0 Å². The van der Waals surface area contributed by atoms with Crippen LogP contribution in [0, 0.1) is 5.41 Å². The van der Waals surface area contributed by atoms with E-state index in [-0.39, 0.29) is 0 Å². The lowest BCUT2D eigenvalue weighted by Crippen LogP contribution is -2.35. The number of rotatable bonds is 4. The first-order chi connectivity index (χ1) is 8.31. The quantitative estimate of drug-likeness (QED) is 0.870. The van der Waals surface area contributed by atoms with Gasteiger partial charge in [-0.05, 0) is 36.8 Å². The average molecular weight is 246 g/mol. The second-order valence-electron chi connectivity index (χ2n) is 5.05. The Morgan fingerprint density at radius 2 is 2.18 bits per heavy atom. The molecule has 90 valence electrons. The Morgan fingerprint density at radius 3 is 2.82 bits per heavy atom. The molecule has 1 aliphatic rings. The van der Waals surface area contributed by atoms with Gasteiger partial charge < -0.3 is 5.32 Å². The monoisotopic (exact) mass is 246 g/mol. The van der Waals surface area contributed by atoms with Gasteiger partial charge in [0.15, 0.2) is 5.13 Å². The number of benzene rings is 1. The van der Waals surface area contributed by atoms with Crippen LogP contribution >= 0.6 is 11.3 Å². The smallest absolute Gasteiger partial charge is 0.183 e. The summed E-state index contributed by atoms with van der Waals surface area (Å²) in [5.74, 6) is 0. The van der Waals surface area contributed by atoms with Crippen molar-refractivity contribution in [2.45, 2.75) is 32.6 Å². The number of fused-ring (bicyclic) bond motifs is 1. The first-order valence-corrected chi connectivity index (χ1v) is 7.22. The zero-order valence-corrected chi connectivity index (χ0v) is 11.0. The second kappa shape index (κ2) is 4.30. The van der Waals surface area contributed by atoms with Crippen molar-refractivity contribution in [2.24, 2.45) is 5.41 Å². The van der Waals surface area contributed by atoms with Gasteiger partial charge in [0.05, 0.1) is 10.2 Å². The molecule has 1 aliphatic carbocycles. The lowest BCUT2D eigenvalue weighted by Gasteiger charge is -2.41. The van der Waals surface area contributed by atoms with Gasteiger partial charge >= 0.3 is 0 Å². The summed E-state index contributed by atoms with van der Waals surface area (Å²) in [5, 5.41) is 4.61. The Balaban J connectivity index is 1.72. The molecule has 0 atom stereocenters. The highest BCUT2D eigenvalue weighted by atomic mass is 32.1. The van der Waals surface area contributed by atoms with Crippen molar-refractivity contribution in [1.82, 2.24) is 4.98 Å². The number of hydrogen-bond donors (Lipinski definition) is 1. The van der Waals surface area contributed by atoms with Crippen molar-refractivity contribution in [1.29, 1.82) is 0 Å². The SMILES string of the molecule is CCC1(CNc2nc3ccccc3s2)CCC1. The number of nitrogens with zero attached hydrogens (tertiary/aromatic N) is 1. The van der Waals surface area contributed by atoms with Crippen LogP contribution in [0.3, 0.4) is 0 Å². The molecule has 0 bridgehead atoms. The fourth-order valence-corrected chi connectivity index (χ4v) is 3.40. The predicted molar refractivity (Wildman–Crippen MR) is 74.7 cm³/mol. The molecule has 1 heterocycles. The summed E-state index contributed by atoms with van der Waals surface area (Å²) >= 11 is 1.76. The van der Waals surface area contributed by atoms with E-state index in [0.717, 1.165) is 17.2 Å². The van der Waals surface area contributed by atoms with Crippen LogP contribution in [-0.4, -0.2) is 11.5 Å². The fraction of sp³-hybridized carbons (Fsp3) is 0.500. The highest BCUT2D eigenvalue weighted by Crippen LogP contribution is 2.44. The van der Waals surface area contributed by atoms with Crippen LogP contribution in [0.15, 0.2) is 24.3 Å². The number of para-hydroxylation sites is 1. The lowest BCUT2D eigenvalue weighted by atomic mass is 9.67. The zero-order chi connectivity index (χ0) is 11.7. The minimum Gasteiger partial charge on any atom is -0.361 e. The minimum absolute atomic E-state index is 0.553. The molecule has 2 nitrogen and oxygen atoms in total. The molecule has 0 aliphatic heterocycles. The van der Waals surface area contributed by atoms with Crippen LogP contribution in [0.2, 0.25) is 0 Å². The normalized spacial score (nSPS) is 17.9. The Morgan fingerprint density at radius 1 is 1.35 bits per heavy atom. The van der Waals surface area contributed by atoms with Crippen molar-refractivity contribution in [3.8, 4) is 0 Å². The molecular weight excluding hydrogens is 228 g/mol. The molecule has 1 aromatic heterocycles. The predicted octanol–water partition coefficient (Wildman–Crippen LogP) is 4.29. The largest absolute Gasteiger partial charge is 0.361 e. The molecule has 2 aromatic rings. The Kier molecular flexibility index (Phi) is 2.79. The number of hydrogen-bond acceptors (Lipinski definition) is 3. The topological polar surface area (TPSA) is 24.9 Å². The van der Waals surface area contributed by atoms with E-state index in [1.165, 1.54) is 30.4 Å². The molecule has 0 unspecified atom stereocenters. The van der Waals surface area contributed by atoms with Crippen molar-refractivity contribution in [3.05, 3.63) is 24.3 Å². The van der Waals surface area contributed by atoms with E-state index in [9.17, 15) is 0 Å². The number of anilines is 1. The van der Waals surface area contributed by atoms with E-state index < -0.39 is 0 Å². The third kappa shape index (κ3) is 2.04. The second-order valence-corrected chi connectivity index (χ2v) is 6.08. The molecule has 1 aromatic carbocycles. The first kappa shape index (κ1) is 11.0. The summed E-state index contributed by atoms with van der Waals surface area (Å²) in [6, 6.07) is 8.34. The van der Waals surface area contributed by atoms with E-state index in [1.807, 2.05) is 6.07 Å². The van der Waals surface area contributed by atoms with Crippen molar-refractivity contribution in [3.63, 3.8) is 0 Å². The van der Waals surface area contributed by atoms with Crippen molar-refractivity contribution in [2.75, 3.05) is 11.9 Å². The highest BCUT2D eigenvalue weighted by molar-refractivity contribution is 7.22. The van der Waals surface area contributed by atoms with Gasteiger partial charge in [0.2, 0.25) is 0 Å². The van der Waals surface area contributed by atoms with E-state index >= 15 is 0 Å². The standard InChI is InChI=1S/C14H18N2S/c1-2-14(8-5-9-14)10-15-13-16-11-6-3-4-7-12(11)17-13/h3-4,6-7H,2,5,8-10H2,1H3,(H,15,16). The molecule has 0 saturated heterocycles. The Labute approximate surface area is 106 Å². The van der Waals surface area contributed by atoms with Crippen LogP contribution in [0.1, 0.15) is 32.6 Å². The average Bonchev–Trinajstić information content (AvgIpc) is 2.71. The molecule has 0 radical (unpaired) electrons. The third-order valence-corrected chi connectivity index (χ3v) is 5.07. The Hall–Kier alpha value is -1.09. The van der Waals surface area contributed by atoms with Gasteiger partial charge in [-0.15, -0.1) is 0 Å². The summed E-state index contributed by atoms with van der Waals surface area (Å²) in [7, 11) is 0. The van der Waals surface area contributed by atoms with Gasteiger partial charge in [-0.3, -0.25) is 0 Å². The lowest BCUT2D eigenvalue weighted by molar-refractivity contribution is 0.145. The summed E-state index contributed by atoms with van der Waals surface area (Å²) in [6.45, 7) is 3.39. The number of aromatic nitrogens is 1.